The van der Waals surface area contributed by atoms with E-state index in [1.54, 1.807) is 0 Å². The molecule has 0 unspecified atom stereocenters. The predicted octanol–water partition coefficient (Wildman–Crippen LogP) is 3.15. The summed E-state index contributed by atoms with van der Waals surface area (Å²) in [4.78, 5) is 0. The van der Waals surface area contributed by atoms with E-state index < -0.39 is 0 Å². The Hall–Kier alpha value is -1.64. The summed E-state index contributed by atoms with van der Waals surface area (Å²) in [6, 6.07) is 19.6. The van der Waals surface area contributed by atoms with Gasteiger partial charge in [0.15, 0.2) is 0 Å². The Morgan fingerprint density at radius 1 is 1.00 bits per heavy atom. The summed E-state index contributed by atoms with van der Waals surface area (Å²) in [6.07, 6.45) is 5.44. The SMILES string of the molecule is N[C@@]12CCCN[C@]1(CCc1ccccc1)c1ccccc1C2. The minimum absolute atomic E-state index is 0.0579. The second-order valence-electron chi connectivity index (χ2n) is 6.91. The smallest absolute Gasteiger partial charge is 0.0626 e. The van der Waals surface area contributed by atoms with E-state index in [9.17, 15) is 0 Å². The van der Waals surface area contributed by atoms with Crippen molar-refractivity contribution < 1.29 is 0 Å². The summed E-state index contributed by atoms with van der Waals surface area (Å²) in [5, 5.41) is 3.84. The van der Waals surface area contributed by atoms with Crippen molar-refractivity contribution in [3.05, 3.63) is 71.3 Å². The summed E-state index contributed by atoms with van der Waals surface area (Å²) in [5.41, 5.74) is 11.0. The second-order valence-corrected chi connectivity index (χ2v) is 6.91. The molecule has 0 spiro atoms. The monoisotopic (exact) mass is 292 g/mol. The van der Waals surface area contributed by atoms with Crippen molar-refractivity contribution in [1.29, 1.82) is 0 Å². The molecule has 2 heteroatoms. The van der Waals surface area contributed by atoms with Crippen LogP contribution in [0.1, 0.15) is 36.0 Å². The van der Waals surface area contributed by atoms with E-state index in [-0.39, 0.29) is 11.1 Å². The molecule has 0 bridgehead atoms. The zero-order valence-corrected chi connectivity index (χ0v) is 13.0. The van der Waals surface area contributed by atoms with Crippen LogP contribution in [0.15, 0.2) is 54.6 Å². The number of hydrogen-bond donors (Lipinski definition) is 2. The van der Waals surface area contributed by atoms with Gasteiger partial charge in [0.25, 0.3) is 0 Å². The van der Waals surface area contributed by atoms with Crippen LogP contribution in [0.5, 0.6) is 0 Å². The molecule has 0 radical (unpaired) electrons. The summed E-state index contributed by atoms with van der Waals surface area (Å²) in [5.74, 6) is 0. The molecule has 0 aromatic heterocycles. The van der Waals surface area contributed by atoms with Crippen LogP contribution in [0.4, 0.5) is 0 Å². The minimum atomic E-state index is -0.135. The number of nitrogens with two attached hydrogens (primary N) is 1. The molecule has 1 fully saturated rings. The number of hydrogen-bond acceptors (Lipinski definition) is 2. The van der Waals surface area contributed by atoms with Crippen molar-refractivity contribution in [2.75, 3.05) is 6.54 Å². The standard InChI is InChI=1S/C20H24N2/c21-19-12-6-14-22-20(19,13-11-16-7-2-1-3-8-16)18-10-5-4-9-17(18)15-19/h1-5,7-10,22H,6,11-15,21H2/t19-,20-/m1/s1. The Balaban J connectivity index is 1.71. The van der Waals surface area contributed by atoms with Crippen molar-refractivity contribution in [2.24, 2.45) is 5.73 Å². The quantitative estimate of drug-likeness (QED) is 0.912. The van der Waals surface area contributed by atoms with Crippen molar-refractivity contribution in [3.63, 3.8) is 0 Å². The van der Waals surface area contributed by atoms with Crippen LogP contribution in [0.2, 0.25) is 0 Å². The molecule has 2 aromatic rings. The number of rotatable bonds is 3. The van der Waals surface area contributed by atoms with Gasteiger partial charge in [-0.05, 0) is 55.3 Å². The fourth-order valence-electron chi connectivity index (χ4n) is 4.58. The van der Waals surface area contributed by atoms with E-state index in [0.29, 0.717) is 0 Å². The predicted molar refractivity (Wildman–Crippen MR) is 90.7 cm³/mol. The van der Waals surface area contributed by atoms with Gasteiger partial charge in [-0.1, -0.05) is 54.6 Å². The van der Waals surface area contributed by atoms with Gasteiger partial charge in [-0.15, -0.1) is 0 Å². The maximum Gasteiger partial charge on any atom is 0.0626 e. The Bertz CT molecular complexity index is 666. The van der Waals surface area contributed by atoms with Crippen molar-refractivity contribution >= 4 is 0 Å². The average molecular weight is 292 g/mol. The summed E-state index contributed by atoms with van der Waals surface area (Å²) in [6.45, 7) is 1.07. The molecule has 2 aliphatic rings. The van der Waals surface area contributed by atoms with Gasteiger partial charge in [-0.2, -0.15) is 0 Å². The van der Waals surface area contributed by atoms with Crippen LogP contribution < -0.4 is 11.1 Å². The Kier molecular flexibility index (Phi) is 3.32. The summed E-state index contributed by atoms with van der Waals surface area (Å²) >= 11 is 0. The van der Waals surface area contributed by atoms with E-state index in [4.69, 9.17) is 5.73 Å². The van der Waals surface area contributed by atoms with Crippen molar-refractivity contribution in [1.82, 2.24) is 5.32 Å². The van der Waals surface area contributed by atoms with Crippen molar-refractivity contribution in [2.45, 2.75) is 43.2 Å². The number of fused-ring (bicyclic) bond motifs is 3. The van der Waals surface area contributed by atoms with Crippen LogP contribution in [0, 0.1) is 0 Å². The molecule has 114 valence electrons. The fraction of sp³-hybridized carbons (Fsp3) is 0.400. The Labute approximate surface area is 132 Å². The Morgan fingerprint density at radius 3 is 2.64 bits per heavy atom. The van der Waals surface area contributed by atoms with Gasteiger partial charge in [0.1, 0.15) is 0 Å². The van der Waals surface area contributed by atoms with Crippen LogP contribution in [0.3, 0.4) is 0 Å². The third-order valence-electron chi connectivity index (χ3n) is 5.69. The van der Waals surface area contributed by atoms with Gasteiger partial charge in [0.05, 0.1) is 5.54 Å². The van der Waals surface area contributed by atoms with E-state index in [1.807, 2.05) is 0 Å². The minimum Gasteiger partial charge on any atom is -0.323 e. The van der Waals surface area contributed by atoms with E-state index in [2.05, 4.69) is 59.9 Å². The largest absolute Gasteiger partial charge is 0.323 e. The number of piperidine rings is 1. The molecule has 1 heterocycles. The van der Waals surface area contributed by atoms with Gasteiger partial charge in [-0.25, -0.2) is 0 Å². The highest BCUT2D eigenvalue weighted by atomic mass is 15.1. The second kappa shape index (κ2) is 5.22. The maximum absolute atomic E-state index is 6.95. The third-order valence-corrected chi connectivity index (χ3v) is 5.69. The normalized spacial score (nSPS) is 29.9. The maximum atomic E-state index is 6.95. The molecule has 22 heavy (non-hydrogen) atoms. The van der Waals surface area contributed by atoms with Gasteiger partial charge in [0, 0.05) is 5.54 Å². The van der Waals surface area contributed by atoms with E-state index in [0.717, 1.165) is 32.2 Å². The lowest BCUT2D eigenvalue weighted by atomic mass is 9.69. The van der Waals surface area contributed by atoms with E-state index in [1.165, 1.54) is 23.1 Å². The van der Waals surface area contributed by atoms with Crippen LogP contribution in [-0.2, 0) is 18.4 Å². The molecule has 0 amide bonds. The molecule has 1 aliphatic heterocycles. The highest BCUT2D eigenvalue weighted by molar-refractivity contribution is 5.46. The molecular weight excluding hydrogens is 268 g/mol. The van der Waals surface area contributed by atoms with Crippen molar-refractivity contribution in [3.8, 4) is 0 Å². The first-order valence-electron chi connectivity index (χ1n) is 8.40. The van der Waals surface area contributed by atoms with Gasteiger partial charge in [0.2, 0.25) is 0 Å². The summed E-state index contributed by atoms with van der Waals surface area (Å²) < 4.78 is 0. The molecule has 2 nitrogen and oxygen atoms in total. The first-order chi connectivity index (χ1) is 10.7. The molecule has 0 saturated carbocycles. The number of benzene rings is 2. The lowest BCUT2D eigenvalue weighted by molar-refractivity contribution is 0.126. The fourth-order valence-corrected chi connectivity index (χ4v) is 4.58. The van der Waals surface area contributed by atoms with Gasteiger partial charge in [-0.3, -0.25) is 0 Å². The lowest BCUT2D eigenvalue weighted by Gasteiger charge is -2.49. The zero-order valence-electron chi connectivity index (χ0n) is 13.0. The lowest BCUT2D eigenvalue weighted by Crippen LogP contribution is -2.66. The van der Waals surface area contributed by atoms with Crippen LogP contribution in [0.25, 0.3) is 0 Å². The first-order valence-corrected chi connectivity index (χ1v) is 8.40. The van der Waals surface area contributed by atoms with Gasteiger partial charge < -0.3 is 11.1 Å². The molecule has 4 rings (SSSR count). The highest BCUT2D eigenvalue weighted by Crippen LogP contribution is 2.49. The zero-order chi connectivity index (χ0) is 15.0. The molecular formula is C20H24N2. The van der Waals surface area contributed by atoms with E-state index >= 15 is 0 Å². The summed E-state index contributed by atoms with van der Waals surface area (Å²) in [7, 11) is 0. The highest BCUT2D eigenvalue weighted by Gasteiger charge is 2.55. The van der Waals surface area contributed by atoms with Crippen LogP contribution in [-0.4, -0.2) is 12.1 Å². The Morgan fingerprint density at radius 2 is 1.77 bits per heavy atom. The average Bonchev–Trinajstić information content (AvgIpc) is 2.82. The molecule has 2 atom stereocenters. The topological polar surface area (TPSA) is 38.0 Å². The molecule has 3 N–H and O–H groups in total. The molecule has 2 aromatic carbocycles. The number of nitrogens with one attached hydrogen (secondary N) is 1. The number of aryl methyl sites for hydroxylation is 1. The first kappa shape index (κ1) is 14.0. The third kappa shape index (κ3) is 2.02. The molecule has 1 saturated heterocycles. The van der Waals surface area contributed by atoms with Crippen LogP contribution >= 0.6 is 0 Å². The molecule has 1 aliphatic carbocycles. The van der Waals surface area contributed by atoms with Gasteiger partial charge >= 0.3 is 0 Å².